The normalized spacial score (nSPS) is 14.4. The molecular formula is C29H32F3N3O2S. The zero-order chi connectivity index (χ0) is 27.1. The van der Waals surface area contributed by atoms with E-state index in [1.807, 2.05) is 54.4 Å². The molecule has 9 heteroatoms. The fourth-order valence-electron chi connectivity index (χ4n) is 4.45. The Labute approximate surface area is 226 Å². The molecule has 0 N–H and O–H groups in total. The summed E-state index contributed by atoms with van der Waals surface area (Å²) in [4.78, 5) is 20.9. The van der Waals surface area contributed by atoms with E-state index in [0.717, 1.165) is 27.2 Å². The Hall–Kier alpha value is -3.17. The van der Waals surface area contributed by atoms with Crippen LogP contribution < -0.4 is 9.64 Å². The van der Waals surface area contributed by atoms with Gasteiger partial charge in [-0.1, -0.05) is 48.2 Å². The lowest BCUT2D eigenvalue weighted by Gasteiger charge is -2.36. The van der Waals surface area contributed by atoms with Gasteiger partial charge in [-0.3, -0.25) is 9.69 Å². The number of carbonyl (C=O) groups is 1. The van der Waals surface area contributed by atoms with Crippen molar-refractivity contribution in [1.82, 2.24) is 9.80 Å². The summed E-state index contributed by atoms with van der Waals surface area (Å²) in [5.41, 5.74) is 1.02. The molecule has 0 atom stereocenters. The van der Waals surface area contributed by atoms with Crippen LogP contribution in [0.15, 0.2) is 82.6 Å². The second-order valence-electron chi connectivity index (χ2n) is 9.24. The molecule has 0 unspecified atom stereocenters. The predicted octanol–water partition coefficient (Wildman–Crippen LogP) is 6.04. The van der Waals surface area contributed by atoms with Gasteiger partial charge in [-0.2, -0.15) is 13.2 Å². The van der Waals surface area contributed by atoms with E-state index in [-0.39, 0.29) is 5.91 Å². The molecule has 3 aromatic carbocycles. The van der Waals surface area contributed by atoms with E-state index < -0.39 is 11.7 Å². The van der Waals surface area contributed by atoms with Gasteiger partial charge in [0.15, 0.2) is 0 Å². The highest BCUT2D eigenvalue weighted by molar-refractivity contribution is 7.99. The van der Waals surface area contributed by atoms with Gasteiger partial charge in [0.25, 0.3) is 0 Å². The third kappa shape index (κ3) is 7.23. The number of para-hydroxylation sites is 1. The van der Waals surface area contributed by atoms with Crippen LogP contribution in [-0.2, 0) is 17.5 Å². The molecule has 1 aliphatic heterocycles. The van der Waals surface area contributed by atoms with Gasteiger partial charge in [-0.05, 0) is 42.0 Å². The molecule has 202 valence electrons. The van der Waals surface area contributed by atoms with Crippen LogP contribution in [0.3, 0.4) is 0 Å². The zero-order valence-corrected chi connectivity index (χ0v) is 22.4. The Morgan fingerprint density at radius 1 is 0.947 bits per heavy atom. The molecule has 1 fully saturated rings. The predicted molar refractivity (Wildman–Crippen MR) is 145 cm³/mol. The van der Waals surface area contributed by atoms with Crippen molar-refractivity contribution in [2.24, 2.45) is 0 Å². The van der Waals surface area contributed by atoms with Crippen LogP contribution in [0.1, 0.15) is 17.5 Å². The first-order valence-electron chi connectivity index (χ1n) is 12.5. The number of anilines is 1. The summed E-state index contributed by atoms with van der Waals surface area (Å²) < 4.78 is 44.7. The molecule has 0 aliphatic carbocycles. The van der Waals surface area contributed by atoms with Crippen LogP contribution in [0.25, 0.3) is 0 Å². The van der Waals surface area contributed by atoms with E-state index in [9.17, 15) is 18.0 Å². The van der Waals surface area contributed by atoms with Crippen molar-refractivity contribution in [3.05, 3.63) is 83.9 Å². The Morgan fingerprint density at radius 2 is 1.63 bits per heavy atom. The number of amides is 1. The first-order chi connectivity index (χ1) is 18.2. The number of carbonyl (C=O) groups excluding carboxylic acids is 1. The minimum atomic E-state index is -4.35. The summed E-state index contributed by atoms with van der Waals surface area (Å²) in [5.74, 6) is 0.868. The molecule has 3 aromatic rings. The molecule has 5 nitrogen and oxygen atoms in total. The highest BCUT2D eigenvalue weighted by Gasteiger charge is 2.31. The van der Waals surface area contributed by atoms with Gasteiger partial charge >= 0.3 is 6.18 Å². The molecule has 0 bridgehead atoms. The molecule has 0 saturated carbocycles. The first-order valence-corrected chi connectivity index (χ1v) is 13.3. The molecule has 1 saturated heterocycles. The van der Waals surface area contributed by atoms with Crippen molar-refractivity contribution >= 4 is 23.4 Å². The lowest BCUT2D eigenvalue weighted by atomic mass is 10.1. The fourth-order valence-corrected chi connectivity index (χ4v) is 5.50. The lowest BCUT2D eigenvalue weighted by Crippen LogP contribution is -2.47. The number of benzene rings is 3. The summed E-state index contributed by atoms with van der Waals surface area (Å²) >= 11 is 1.62. The number of rotatable bonds is 9. The van der Waals surface area contributed by atoms with E-state index in [1.54, 1.807) is 29.8 Å². The largest absolute Gasteiger partial charge is 0.496 e. The maximum Gasteiger partial charge on any atom is 0.416 e. The number of hydrogen-bond donors (Lipinski definition) is 0. The summed E-state index contributed by atoms with van der Waals surface area (Å²) in [6, 6.07) is 21.4. The van der Waals surface area contributed by atoms with E-state index in [4.69, 9.17) is 4.74 Å². The van der Waals surface area contributed by atoms with E-state index in [1.165, 1.54) is 12.1 Å². The molecule has 0 aromatic heterocycles. The van der Waals surface area contributed by atoms with Gasteiger partial charge in [0.05, 0.1) is 17.6 Å². The third-order valence-electron chi connectivity index (χ3n) is 6.65. The summed E-state index contributed by atoms with van der Waals surface area (Å²) in [6.45, 7) is 3.77. The Morgan fingerprint density at radius 3 is 2.34 bits per heavy atom. The maximum absolute atomic E-state index is 13.1. The average Bonchev–Trinajstić information content (AvgIpc) is 2.93. The number of hydrogen-bond acceptors (Lipinski definition) is 5. The minimum absolute atomic E-state index is 0.0578. The third-order valence-corrected chi connectivity index (χ3v) is 7.82. The van der Waals surface area contributed by atoms with E-state index in [0.29, 0.717) is 51.4 Å². The van der Waals surface area contributed by atoms with Crippen molar-refractivity contribution in [1.29, 1.82) is 0 Å². The van der Waals surface area contributed by atoms with Crippen LogP contribution in [0.4, 0.5) is 18.9 Å². The maximum atomic E-state index is 13.1. The average molecular weight is 544 g/mol. The van der Waals surface area contributed by atoms with Crippen LogP contribution in [0, 0.1) is 0 Å². The standard InChI is InChI=1S/C29H32F3N3O2S/c1-33(21-22-8-3-5-12-26(22)38-27-13-6-4-11-25(27)37-2)28(36)14-15-34-16-18-35(19-17-34)24-10-7-9-23(20-24)29(30,31)32/h3-13,20H,14-19,21H2,1-2H3. The summed E-state index contributed by atoms with van der Waals surface area (Å²) in [6.07, 6.45) is -3.96. The molecule has 38 heavy (non-hydrogen) atoms. The lowest BCUT2D eigenvalue weighted by molar-refractivity contribution is -0.137. The van der Waals surface area contributed by atoms with Gasteiger partial charge in [0.2, 0.25) is 5.91 Å². The molecule has 0 spiro atoms. The van der Waals surface area contributed by atoms with E-state index in [2.05, 4.69) is 11.0 Å². The molecule has 0 radical (unpaired) electrons. The van der Waals surface area contributed by atoms with Crippen LogP contribution >= 0.6 is 11.8 Å². The molecule has 1 aliphatic rings. The van der Waals surface area contributed by atoms with E-state index >= 15 is 0 Å². The van der Waals surface area contributed by atoms with Crippen LogP contribution in [0.5, 0.6) is 5.75 Å². The minimum Gasteiger partial charge on any atom is -0.496 e. The van der Waals surface area contributed by atoms with Gasteiger partial charge in [0.1, 0.15) is 5.75 Å². The second-order valence-corrected chi connectivity index (χ2v) is 10.3. The Balaban J connectivity index is 1.28. The number of alkyl halides is 3. The van der Waals surface area contributed by atoms with Gasteiger partial charge < -0.3 is 14.5 Å². The van der Waals surface area contributed by atoms with Gasteiger partial charge in [0, 0.05) is 63.3 Å². The summed E-state index contributed by atoms with van der Waals surface area (Å²) in [7, 11) is 3.47. The van der Waals surface area contributed by atoms with Crippen LogP contribution in [0.2, 0.25) is 0 Å². The zero-order valence-electron chi connectivity index (χ0n) is 21.6. The number of halogens is 3. The first kappa shape index (κ1) is 27.9. The SMILES string of the molecule is COc1ccccc1Sc1ccccc1CN(C)C(=O)CCN1CCN(c2cccc(C(F)(F)F)c2)CC1. The van der Waals surface area contributed by atoms with Crippen molar-refractivity contribution in [2.45, 2.75) is 28.9 Å². The number of nitrogens with zero attached hydrogens (tertiary/aromatic N) is 3. The number of ether oxygens (including phenoxy) is 1. The molecule has 1 amide bonds. The van der Waals surface area contributed by atoms with Crippen LogP contribution in [-0.4, -0.2) is 62.6 Å². The number of piperazine rings is 1. The fraction of sp³-hybridized carbons (Fsp3) is 0.345. The molecule has 1 heterocycles. The van der Waals surface area contributed by atoms with Crippen molar-refractivity contribution < 1.29 is 22.7 Å². The molecule has 4 rings (SSSR count). The van der Waals surface area contributed by atoms with Crippen molar-refractivity contribution in [3.63, 3.8) is 0 Å². The van der Waals surface area contributed by atoms with Gasteiger partial charge in [-0.15, -0.1) is 0 Å². The Kier molecular flexibility index (Phi) is 9.22. The van der Waals surface area contributed by atoms with Crippen molar-refractivity contribution in [3.8, 4) is 5.75 Å². The second kappa shape index (κ2) is 12.6. The highest BCUT2D eigenvalue weighted by Crippen LogP contribution is 2.36. The topological polar surface area (TPSA) is 36.0 Å². The highest BCUT2D eigenvalue weighted by atomic mass is 32.2. The Bertz CT molecular complexity index is 1230. The monoisotopic (exact) mass is 543 g/mol. The van der Waals surface area contributed by atoms with Gasteiger partial charge in [-0.25, -0.2) is 0 Å². The number of methoxy groups -OCH3 is 1. The quantitative estimate of drug-likeness (QED) is 0.329. The smallest absolute Gasteiger partial charge is 0.416 e. The molecular weight excluding hydrogens is 511 g/mol. The summed E-state index contributed by atoms with van der Waals surface area (Å²) in [5, 5.41) is 0. The van der Waals surface area contributed by atoms with Crippen molar-refractivity contribution in [2.75, 3.05) is 51.8 Å².